The number of ether oxygens (including phenoxy) is 4. The minimum atomic E-state index is -0.527. The van der Waals surface area contributed by atoms with Gasteiger partial charge in [-0.1, -0.05) is 0 Å². The van der Waals surface area contributed by atoms with Crippen LogP contribution < -0.4 is 0 Å². The van der Waals surface area contributed by atoms with E-state index in [1.165, 1.54) is 0 Å². The van der Waals surface area contributed by atoms with Gasteiger partial charge in [-0.15, -0.1) is 0 Å². The second-order valence-electron chi connectivity index (χ2n) is 4.87. The summed E-state index contributed by atoms with van der Waals surface area (Å²) in [5.74, 6) is 0.492. The number of methoxy groups -OCH3 is 3. The minimum Gasteiger partial charge on any atom is -0.376 e. The fourth-order valence-electron chi connectivity index (χ4n) is 2.86. The van der Waals surface area contributed by atoms with Crippen molar-refractivity contribution in [2.75, 3.05) is 21.3 Å². The second kappa shape index (κ2) is 4.74. The van der Waals surface area contributed by atoms with E-state index in [4.69, 9.17) is 18.9 Å². The maximum Gasteiger partial charge on any atom is 0.166 e. The molecule has 1 heterocycles. The van der Waals surface area contributed by atoms with Gasteiger partial charge in [0.15, 0.2) is 5.41 Å². The highest BCUT2D eigenvalue weighted by molar-refractivity contribution is 6.13. The fraction of sp³-hybridized carbons (Fsp3) is 1.00. The molecule has 1 saturated heterocycles. The number of hydrogen-bond acceptors (Lipinski definition) is 4. The summed E-state index contributed by atoms with van der Waals surface area (Å²) in [5.41, 5.74) is -0.527. The van der Waals surface area contributed by atoms with Gasteiger partial charge in [-0.05, 0) is 25.2 Å². The predicted molar refractivity (Wildman–Crippen MR) is 63.5 cm³/mol. The molecule has 1 saturated carbocycles. The van der Waals surface area contributed by atoms with Gasteiger partial charge in [0, 0.05) is 21.3 Å². The summed E-state index contributed by atoms with van der Waals surface area (Å²) in [5, 5.41) is 0. The van der Waals surface area contributed by atoms with Crippen LogP contribution in [0.25, 0.3) is 0 Å². The van der Waals surface area contributed by atoms with Crippen molar-refractivity contribution in [2.24, 2.45) is 5.92 Å². The zero-order chi connectivity index (χ0) is 11.8. The van der Waals surface area contributed by atoms with Crippen LogP contribution in [0.1, 0.15) is 19.3 Å². The zero-order valence-corrected chi connectivity index (χ0v) is 12.6. The Morgan fingerprint density at radius 1 is 1.19 bits per heavy atom. The van der Waals surface area contributed by atoms with Gasteiger partial charge in [0.05, 0.1) is 22.5 Å². The molecule has 16 heavy (non-hydrogen) atoms. The van der Waals surface area contributed by atoms with E-state index in [9.17, 15) is 0 Å². The minimum absolute atomic E-state index is 0.0271. The smallest absolute Gasteiger partial charge is 0.166 e. The van der Waals surface area contributed by atoms with Crippen LogP contribution in [0, 0.1) is 5.92 Å². The second-order valence-corrected chi connectivity index (χ2v) is 6.26. The lowest BCUT2D eigenvalue weighted by atomic mass is 9.84. The standard InChI is InChI=1S/C11H22O4Si/c1-12-10(11(16,13-2)14-3)7-4-5-8-9(6-7)15-8/h7-10H,4-6H2,1-3,16H3. The van der Waals surface area contributed by atoms with E-state index < -0.39 is 5.41 Å². The Labute approximate surface area is 100 Å². The molecule has 0 N–H and O–H groups in total. The third-order valence-corrected chi connectivity index (χ3v) is 5.44. The van der Waals surface area contributed by atoms with Crippen LogP contribution in [-0.2, 0) is 18.9 Å². The first-order valence-electron chi connectivity index (χ1n) is 5.93. The summed E-state index contributed by atoms with van der Waals surface area (Å²) in [7, 11) is 5.93. The van der Waals surface area contributed by atoms with Crippen LogP contribution in [0.15, 0.2) is 0 Å². The SMILES string of the molecule is COC(C1CCC2OC2C1)C([SiH3])(OC)OC. The van der Waals surface area contributed by atoms with Crippen LogP contribution in [0.5, 0.6) is 0 Å². The van der Waals surface area contributed by atoms with Crippen molar-refractivity contribution < 1.29 is 18.9 Å². The van der Waals surface area contributed by atoms with Gasteiger partial charge in [0.25, 0.3) is 0 Å². The van der Waals surface area contributed by atoms with Gasteiger partial charge in [0.1, 0.15) is 6.10 Å². The maximum atomic E-state index is 5.63. The molecule has 0 bridgehead atoms. The first-order chi connectivity index (χ1) is 7.64. The third-order valence-electron chi connectivity index (χ3n) is 4.05. The van der Waals surface area contributed by atoms with Crippen molar-refractivity contribution in [1.82, 2.24) is 0 Å². The fourth-order valence-corrected chi connectivity index (χ4v) is 3.57. The van der Waals surface area contributed by atoms with Crippen molar-refractivity contribution in [2.45, 2.75) is 43.0 Å². The molecule has 5 heteroatoms. The highest BCUT2D eigenvalue weighted by atomic mass is 28.1. The molecule has 4 atom stereocenters. The molecule has 0 spiro atoms. The van der Waals surface area contributed by atoms with E-state index in [0.717, 1.165) is 29.5 Å². The van der Waals surface area contributed by atoms with Gasteiger partial charge in [-0.3, -0.25) is 0 Å². The monoisotopic (exact) mass is 246 g/mol. The molecule has 94 valence electrons. The zero-order valence-electron chi connectivity index (χ0n) is 10.6. The average molecular weight is 246 g/mol. The average Bonchev–Trinajstić information content (AvgIpc) is 3.08. The van der Waals surface area contributed by atoms with Crippen LogP contribution in [0.2, 0.25) is 0 Å². The Kier molecular flexibility index (Phi) is 3.71. The summed E-state index contributed by atoms with van der Waals surface area (Å²) in [6, 6.07) is 0. The van der Waals surface area contributed by atoms with Crippen LogP contribution in [-0.4, -0.2) is 55.3 Å². The lowest BCUT2D eigenvalue weighted by molar-refractivity contribution is -0.223. The lowest BCUT2D eigenvalue weighted by Crippen LogP contribution is -2.52. The first-order valence-corrected chi connectivity index (χ1v) is 6.93. The molecule has 4 nitrogen and oxygen atoms in total. The Morgan fingerprint density at radius 3 is 2.38 bits per heavy atom. The maximum absolute atomic E-state index is 5.63. The number of rotatable bonds is 5. The molecule has 0 aromatic carbocycles. The van der Waals surface area contributed by atoms with Crippen molar-refractivity contribution in [3.63, 3.8) is 0 Å². The number of fused-ring (bicyclic) bond motifs is 1. The van der Waals surface area contributed by atoms with Gasteiger partial charge in [0.2, 0.25) is 0 Å². The van der Waals surface area contributed by atoms with E-state index in [2.05, 4.69) is 0 Å². The number of epoxide rings is 1. The van der Waals surface area contributed by atoms with Crippen molar-refractivity contribution in [1.29, 1.82) is 0 Å². The molecule has 0 amide bonds. The molecule has 2 fully saturated rings. The Hall–Kier alpha value is 0.0569. The summed E-state index contributed by atoms with van der Waals surface area (Å²) in [4.78, 5) is 0. The largest absolute Gasteiger partial charge is 0.376 e. The van der Waals surface area contributed by atoms with Crippen molar-refractivity contribution in [3.8, 4) is 0 Å². The van der Waals surface area contributed by atoms with Gasteiger partial charge in [-0.2, -0.15) is 0 Å². The number of hydrogen-bond donors (Lipinski definition) is 0. The summed E-state index contributed by atoms with van der Waals surface area (Å²) >= 11 is 0. The van der Waals surface area contributed by atoms with E-state index in [1.807, 2.05) is 0 Å². The molecule has 4 unspecified atom stereocenters. The molecular formula is C11H22O4Si. The van der Waals surface area contributed by atoms with Gasteiger partial charge >= 0.3 is 0 Å². The highest BCUT2D eigenvalue weighted by Gasteiger charge is 2.49. The summed E-state index contributed by atoms with van der Waals surface area (Å²) in [6.07, 6.45) is 4.41. The first kappa shape index (κ1) is 12.5. The Bertz CT molecular complexity index is 244. The molecule has 0 aromatic heterocycles. The molecule has 1 aliphatic heterocycles. The van der Waals surface area contributed by atoms with E-state index >= 15 is 0 Å². The van der Waals surface area contributed by atoms with E-state index in [0.29, 0.717) is 18.1 Å². The predicted octanol–water partition coefficient (Wildman–Crippen LogP) is -0.119. The Morgan fingerprint density at radius 2 is 1.88 bits per heavy atom. The van der Waals surface area contributed by atoms with Gasteiger partial charge in [-0.25, -0.2) is 0 Å². The molecule has 0 aromatic rings. The summed E-state index contributed by atoms with van der Waals surface area (Å²) in [6.45, 7) is 0. The molecule has 1 aliphatic carbocycles. The van der Waals surface area contributed by atoms with E-state index in [1.54, 1.807) is 21.3 Å². The molecule has 0 radical (unpaired) electrons. The van der Waals surface area contributed by atoms with Crippen LogP contribution >= 0.6 is 0 Å². The van der Waals surface area contributed by atoms with Crippen molar-refractivity contribution in [3.05, 3.63) is 0 Å². The van der Waals surface area contributed by atoms with Crippen LogP contribution in [0.3, 0.4) is 0 Å². The normalized spacial score (nSPS) is 35.8. The molecule has 2 rings (SSSR count). The molecule has 2 aliphatic rings. The molecular weight excluding hydrogens is 224 g/mol. The lowest BCUT2D eigenvalue weighted by Gasteiger charge is -2.39. The van der Waals surface area contributed by atoms with Crippen molar-refractivity contribution >= 4 is 10.2 Å². The topological polar surface area (TPSA) is 40.2 Å². The quantitative estimate of drug-likeness (QED) is 0.385. The third kappa shape index (κ3) is 2.19. The van der Waals surface area contributed by atoms with Gasteiger partial charge < -0.3 is 18.9 Å². The Balaban J connectivity index is 2.02. The van der Waals surface area contributed by atoms with Crippen LogP contribution in [0.4, 0.5) is 0 Å². The summed E-state index contributed by atoms with van der Waals surface area (Å²) < 4.78 is 22.2. The van der Waals surface area contributed by atoms with E-state index in [-0.39, 0.29) is 6.10 Å². The highest BCUT2D eigenvalue weighted by Crippen LogP contribution is 2.43.